The molecule has 1 atom stereocenters. The molecule has 1 aliphatic rings. The lowest BCUT2D eigenvalue weighted by atomic mass is 10.0. The largest absolute Gasteiger partial charge is 0.377 e. The molecule has 1 saturated carbocycles. The third-order valence-electron chi connectivity index (χ3n) is 6.10. The van der Waals surface area contributed by atoms with Crippen molar-refractivity contribution in [2.75, 3.05) is 24.3 Å². The zero-order valence-corrected chi connectivity index (χ0v) is 19.6. The van der Waals surface area contributed by atoms with E-state index in [9.17, 15) is 9.59 Å². The third-order valence-corrected chi connectivity index (χ3v) is 6.10. The third kappa shape index (κ3) is 5.66. The van der Waals surface area contributed by atoms with Gasteiger partial charge >= 0.3 is 0 Å². The fourth-order valence-corrected chi connectivity index (χ4v) is 3.70. The van der Waals surface area contributed by atoms with Crippen molar-refractivity contribution in [2.24, 2.45) is 11.8 Å². The molecule has 1 N–H and O–H groups in total. The quantitative estimate of drug-likeness (QED) is 0.645. The number of carbonyl (C=O) groups excluding carboxylic acids is 2. The average Bonchev–Trinajstić information content (AvgIpc) is 3.56. The normalized spacial score (nSPS) is 14.3. The minimum Gasteiger partial charge on any atom is -0.377 e. The Balaban J connectivity index is 1.94. The second-order valence-corrected chi connectivity index (χ2v) is 9.29. The number of hydrogen-bond donors (Lipinski definition) is 1. The lowest BCUT2D eigenvalue weighted by Gasteiger charge is -2.33. The second-order valence-electron chi connectivity index (χ2n) is 9.29. The fourth-order valence-electron chi connectivity index (χ4n) is 3.70. The van der Waals surface area contributed by atoms with Crippen LogP contribution in [0.4, 0.5) is 11.4 Å². The number of nitrogens with one attached hydrogen (secondary N) is 1. The Morgan fingerprint density at radius 2 is 1.77 bits per heavy atom. The summed E-state index contributed by atoms with van der Waals surface area (Å²) in [7, 11) is 4.00. The summed E-state index contributed by atoms with van der Waals surface area (Å²) >= 11 is 0. The highest BCUT2D eigenvalue weighted by Gasteiger charge is 2.30. The SMILES string of the molecule is Cc1cccc(C(=O)N(Cc2cc(NC(=O)C3CC3)ccc2N(C)C)[C@H](C)C(C)C)c1. The monoisotopic (exact) mass is 421 g/mol. The van der Waals surface area contributed by atoms with Gasteiger partial charge in [0.05, 0.1) is 0 Å². The van der Waals surface area contributed by atoms with Crippen molar-refractivity contribution in [3.05, 3.63) is 59.2 Å². The van der Waals surface area contributed by atoms with E-state index in [-0.39, 0.29) is 23.8 Å². The molecule has 0 spiro atoms. The minimum absolute atomic E-state index is 0.0297. The highest BCUT2D eigenvalue weighted by atomic mass is 16.2. The van der Waals surface area contributed by atoms with E-state index >= 15 is 0 Å². The molecule has 2 aromatic rings. The Kier molecular flexibility index (Phi) is 7.04. The molecule has 1 fully saturated rings. The summed E-state index contributed by atoms with van der Waals surface area (Å²) in [4.78, 5) is 29.8. The molecule has 0 unspecified atom stereocenters. The number of anilines is 2. The van der Waals surface area contributed by atoms with Gasteiger partial charge in [-0.25, -0.2) is 0 Å². The van der Waals surface area contributed by atoms with Gasteiger partial charge < -0.3 is 15.1 Å². The number of benzene rings is 2. The van der Waals surface area contributed by atoms with Gasteiger partial charge in [-0.2, -0.15) is 0 Å². The van der Waals surface area contributed by atoms with Crippen molar-refractivity contribution in [3.63, 3.8) is 0 Å². The van der Waals surface area contributed by atoms with Crippen molar-refractivity contribution < 1.29 is 9.59 Å². The summed E-state index contributed by atoms with van der Waals surface area (Å²) < 4.78 is 0. The Morgan fingerprint density at radius 3 is 2.35 bits per heavy atom. The van der Waals surface area contributed by atoms with Crippen molar-refractivity contribution >= 4 is 23.2 Å². The number of hydrogen-bond acceptors (Lipinski definition) is 3. The lowest BCUT2D eigenvalue weighted by Crippen LogP contribution is -2.41. The first-order chi connectivity index (χ1) is 14.7. The van der Waals surface area contributed by atoms with Crippen LogP contribution < -0.4 is 10.2 Å². The van der Waals surface area contributed by atoms with Crippen LogP contribution in [0.5, 0.6) is 0 Å². The Hall–Kier alpha value is -2.82. The van der Waals surface area contributed by atoms with Crippen molar-refractivity contribution in [1.82, 2.24) is 4.90 Å². The van der Waals surface area contributed by atoms with E-state index in [2.05, 4.69) is 31.0 Å². The summed E-state index contributed by atoms with van der Waals surface area (Å²) in [5.74, 6) is 0.584. The maximum absolute atomic E-state index is 13.5. The summed E-state index contributed by atoms with van der Waals surface area (Å²) in [6.45, 7) is 8.86. The number of rotatable bonds is 8. The van der Waals surface area contributed by atoms with Crippen LogP contribution in [0.3, 0.4) is 0 Å². The maximum Gasteiger partial charge on any atom is 0.254 e. The van der Waals surface area contributed by atoms with Crippen LogP contribution in [0.15, 0.2) is 42.5 Å². The van der Waals surface area contributed by atoms with E-state index in [0.29, 0.717) is 18.0 Å². The average molecular weight is 422 g/mol. The topological polar surface area (TPSA) is 52.7 Å². The first kappa shape index (κ1) is 22.9. The van der Waals surface area contributed by atoms with Gasteiger partial charge in [-0.1, -0.05) is 31.5 Å². The second kappa shape index (κ2) is 9.54. The molecular weight excluding hydrogens is 386 g/mol. The molecule has 31 heavy (non-hydrogen) atoms. The fraction of sp³-hybridized carbons (Fsp3) is 0.462. The zero-order valence-electron chi connectivity index (χ0n) is 19.6. The Labute approximate surface area is 186 Å². The lowest BCUT2D eigenvalue weighted by molar-refractivity contribution is -0.117. The van der Waals surface area contributed by atoms with E-state index in [0.717, 1.165) is 35.3 Å². The van der Waals surface area contributed by atoms with Gasteiger partial charge in [-0.15, -0.1) is 0 Å². The molecule has 2 aromatic carbocycles. The number of aryl methyl sites for hydroxylation is 1. The van der Waals surface area contributed by atoms with Crippen LogP contribution >= 0.6 is 0 Å². The zero-order chi connectivity index (χ0) is 22.7. The summed E-state index contributed by atoms with van der Waals surface area (Å²) in [5.41, 5.74) is 4.63. The van der Waals surface area contributed by atoms with Crippen molar-refractivity contribution in [2.45, 2.75) is 53.1 Å². The molecular formula is C26H35N3O2. The van der Waals surface area contributed by atoms with Crippen LogP contribution in [0.2, 0.25) is 0 Å². The van der Waals surface area contributed by atoms with Crippen LogP contribution in [-0.2, 0) is 11.3 Å². The van der Waals surface area contributed by atoms with Crippen LogP contribution in [0.1, 0.15) is 55.1 Å². The highest BCUT2D eigenvalue weighted by Crippen LogP contribution is 2.32. The Morgan fingerprint density at radius 1 is 1.06 bits per heavy atom. The number of nitrogens with zero attached hydrogens (tertiary/aromatic N) is 2. The molecule has 0 heterocycles. The van der Waals surface area contributed by atoms with Crippen molar-refractivity contribution in [1.29, 1.82) is 0 Å². The first-order valence-corrected chi connectivity index (χ1v) is 11.2. The molecule has 1 aliphatic carbocycles. The first-order valence-electron chi connectivity index (χ1n) is 11.2. The van der Waals surface area contributed by atoms with Crippen LogP contribution in [-0.4, -0.2) is 36.9 Å². The molecule has 166 valence electrons. The van der Waals surface area contributed by atoms with E-state index < -0.39 is 0 Å². The molecule has 0 saturated heterocycles. The predicted molar refractivity (Wildman–Crippen MR) is 127 cm³/mol. The Bertz CT molecular complexity index is 947. The van der Waals surface area contributed by atoms with E-state index in [1.165, 1.54) is 0 Å². The summed E-state index contributed by atoms with van der Waals surface area (Å²) in [6, 6.07) is 13.8. The molecule has 3 rings (SSSR count). The standard InChI is InChI=1S/C26H35N3O2/c1-17(2)19(4)29(26(31)21-9-7-8-18(3)14-21)16-22-15-23(12-13-24(22)28(5)6)27-25(30)20-10-11-20/h7-9,12-15,17,19-20H,10-11,16H2,1-6H3,(H,27,30)/t19-/m1/s1. The van der Waals surface area contributed by atoms with Gasteiger partial charge in [0.15, 0.2) is 0 Å². The molecule has 2 amide bonds. The molecule has 0 aliphatic heterocycles. The van der Waals surface area contributed by atoms with Gasteiger partial charge in [-0.05, 0) is 68.5 Å². The predicted octanol–water partition coefficient (Wildman–Crippen LogP) is 5.10. The van der Waals surface area contributed by atoms with E-state index in [1.807, 2.05) is 68.4 Å². The molecule has 0 bridgehead atoms. The van der Waals surface area contributed by atoms with Gasteiger partial charge in [0.25, 0.3) is 5.91 Å². The van der Waals surface area contributed by atoms with Crippen LogP contribution in [0.25, 0.3) is 0 Å². The van der Waals surface area contributed by atoms with E-state index in [1.54, 1.807) is 0 Å². The van der Waals surface area contributed by atoms with Crippen molar-refractivity contribution in [3.8, 4) is 0 Å². The molecule has 0 radical (unpaired) electrons. The summed E-state index contributed by atoms with van der Waals surface area (Å²) in [6.07, 6.45) is 1.94. The van der Waals surface area contributed by atoms with Crippen LogP contribution in [0, 0.1) is 18.8 Å². The summed E-state index contributed by atoms with van der Waals surface area (Å²) in [5, 5.41) is 3.04. The van der Waals surface area contributed by atoms with Gasteiger partial charge in [0.1, 0.15) is 0 Å². The molecule has 5 heteroatoms. The smallest absolute Gasteiger partial charge is 0.254 e. The highest BCUT2D eigenvalue weighted by molar-refractivity contribution is 5.95. The maximum atomic E-state index is 13.5. The number of amides is 2. The van der Waals surface area contributed by atoms with E-state index in [4.69, 9.17) is 0 Å². The van der Waals surface area contributed by atoms with Gasteiger partial charge in [0.2, 0.25) is 5.91 Å². The van der Waals surface area contributed by atoms with Gasteiger partial charge in [0, 0.05) is 49.5 Å². The minimum atomic E-state index is 0.0297. The molecule has 5 nitrogen and oxygen atoms in total. The molecule has 0 aromatic heterocycles. The number of carbonyl (C=O) groups is 2. The van der Waals surface area contributed by atoms with Gasteiger partial charge in [-0.3, -0.25) is 9.59 Å².